The first-order valence-electron chi connectivity index (χ1n) is 22.5. The van der Waals surface area contributed by atoms with Gasteiger partial charge in [-0.1, -0.05) is 224 Å². The van der Waals surface area contributed by atoms with Crippen LogP contribution in [0.1, 0.15) is 231 Å². The van der Waals surface area contributed by atoms with E-state index < -0.39 is 0 Å². The van der Waals surface area contributed by atoms with Gasteiger partial charge in [-0.3, -0.25) is 0 Å². The molecule has 0 N–H and O–H groups in total. The summed E-state index contributed by atoms with van der Waals surface area (Å²) < 4.78 is 5.22. The van der Waals surface area contributed by atoms with Crippen molar-refractivity contribution in [3.05, 3.63) is 54.1 Å². The van der Waals surface area contributed by atoms with Crippen molar-refractivity contribution in [2.45, 2.75) is 245 Å². The summed E-state index contributed by atoms with van der Waals surface area (Å²) in [5.41, 5.74) is 1.47. The summed E-state index contributed by atoms with van der Waals surface area (Å²) in [6, 6.07) is 11.1. The van der Waals surface area contributed by atoms with Crippen molar-refractivity contribution in [3.63, 3.8) is 0 Å². The maximum atomic E-state index is 2.62. The molecule has 1 aromatic carbocycles. The highest BCUT2D eigenvalue weighted by atomic mass is 15.1. The average Bonchev–Trinajstić information content (AvgIpc) is 3.51. The lowest BCUT2D eigenvalue weighted by atomic mass is 10.0. The summed E-state index contributed by atoms with van der Waals surface area (Å²) in [4.78, 5) is 0. The standard InChI is InChI=1S/C47H85N2/c1-3-5-7-9-11-13-15-17-19-20-21-22-24-26-28-30-35-41-47-48(44-45-49(47)43-37-40-46-38-33-32-34-39-46)42-36-31-29-27-25-23-18-16-14-12-10-8-6-4-2/h32-34,38-39,44-45H,3-31,35-37,40-43H2,1-2H3/q+1. The van der Waals surface area contributed by atoms with Crippen LogP contribution in [0.25, 0.3) is 0 Å². The van der Waals surface area contributed by atoms with Gasteiger partial charge in [0.15, 0.2) is 0 Å². The van der Waals surface area contributed by atoms with Gasteiger partial charge in [-0.05, 0) is 37.7 Å². The van der Waals surface area contributed by atoms with E-state index in [2.05, 4.69) is 65.7 Å². The molecule has 1 heterocycles. The zero-order valence-electron chi connectivity index (χ0n) is 33.4. The molecule has 0 fully saturated rings. The number of benzene rings is 1. The molecular weight excluding hydrogens is 593 g/mol. The van der Waals surface area contributed by atoms with Gasteiger partial charge in [-0.25, -0.2) is 9.13 Å². The quantitative estimate of drug-likeness (QED) is 0.0497. The molecule has 2 rings (SSSR count). The Morgan fingerprint density at radius 2 is 0.796 bits per heavy atom. The normalized spacial score (nSPS) is 11.6. The van der Waals surface area contributed by atoms with E-state index in [1.54, 1.807) is 5.82 Å². The van der Waals surface area contributed by atoms with Crippen molar-refractivity contribution < 1.29 is 4.57 Å². The molecule has 0 saturated carbocycles. The summed E-state index contributed by atoms with van der Waals surface area (Å²) in [6.45, 7) is 6.98. The van der Waals surface area contributed by atoms with Gasteiger partial charge in [0, 0.05) is 6.42 Å². The number of nitrogens with zero attached hydrogens (tertiary/aromatic N) is 2. The van der Waals surface area contributed by atoms with E-state index in [0.29, 0.717) is 0 Å². The largest absolute Gasteiger partial charge is 0.256 e. The number of unbranched alkanes of at least 4 members (excludes halogenated alkanes) is 29. The second kappa shape index (κ2) is 33.6. The zero-order valence-corrected chi connectivity index (χ0v) is 33.4. The first kappa shape index (κ1) is 43.6. The highest BCUT2D eigenvalue weighted by Crippen LogP contribution is 2.16. The molecule has 0 bridgehead atoms. The third-order valence-corrected chi connectivity index (χ3v) is 11.1. The maximum Gasteiger partial charge on any atom is 0.256 e. The van der Waals surface area contributed by atoms with E-state index in [0.717, 1.165) is 6.54 Å². The summed E-state index contributed by atoms with van der Waals surface area (Å²) >= 11 is 0. The van der Waals surface area contributed by atoms with Crippen molar-refractivity contribution >= 4 is 0 Å². The highest BCUT2D eigenvalue weighted by Gasteiger charge is 2.16. The van der Waals surface area contributed by atoms with Gasteiger partial charge >= 0.3 is 0 Å². The molecule has 2 aromatic rings. The van der Waals surface area contributed by atoms with Gasteiger partial charge in [0.25, 0.3) is 5.82 Å². The summed E-state index contributed by atoms with van der Waals surface area (Å²) in [5.74, 6) is 1.59. The number of aryl methyl sites for hydroxylation is 3. The van der Waals surface area contributed by atoms with Crippen molar-refractivity contribution in [3.8, 4) is 0 Å². The second-order valence-electron chi connectivity index (χ2n) is 15.7. The Kier molecular flexibility index (Phi) is 29.9. The molecule has 282 valence electrons. The molecular formula is C47H85N2+. The Morgan fingerprint density at radius 3 is 1.22 bits per heavy atom. The minimum absolute atomic E-state index is 1.15. The fourth-order valence-corrected chi connectivity index (χ4v) is 7.78. The van der Waals surface area contributed by atoms with Crippen LogP contribution in [0, 0.1) is 0 Å². The molecule has 2 heteroatoms. The van der Waals surface area contributed by atoms with Crippen LogP contribution < -0.4 is 4.57 Å². The first-order chi connectivity index (χ1) is 24.3. The Hall–Kier alpha value is -1.57. The van der Waals surface area contributed by atoms with Gasteiger partial charge in [-0.15, -0.1) is 0 Å². The van der Waals surface area contributed by atoms with Crippen LogP contribution in [0.5, 0.6) is 0 Å². The molecule has 0 unspecified atom stereocenters. The van der Waals surface area contributed by atoms with Crippen LogP contribution in [-0.2, 0) is 25.9 Å². The Balaban J connectivity index is 1.56. The molecule has 0 radical (unpaired) electrons. The van der Waals surface area contributed by atoms with E-state index in [-0.39, 0.29) is 0 Å². The fourth-order valence-electron chi connectivity index (χ4n) is 7.78. The van der Waals surface area contributed by atoms with Gasteiger partial charge in [0.2, 0.25) is 0 Å². The van der Waals surface area contributed by atoms with E-state index in [1.807, 2.05) is 0 Å². The molecule has 0 atom stereocenters. The molecule has 0 amide bonds. The van der Waals surface area contributed by atoms with Crippen LogP contribution in [0.15, 0.2) is 42.7 Å². The number of hydrogen-bond acceptors (Lipinski definition) is 0. The van der Waals surface area contributed by atoms with Crippen molar-refractivity contribution in [1.29, 1.82) is 0 Å². The van der Waals surface area contributed by atoms with Gasteiger partial charge in [0.05, 0.1) is 13.1 Å². The number of rotatable bonds is 37. The van der Waals surface area contributed by atoms with Crippen LogP contribution in [0.4, 0.5) is 0 Å². The van der Waals surface area contributed by atoms with Crippen LogP contribution in [0.2, 0.25) is 0 Å². The third kappa shape index (κ3) is 25.1. The van der Waals surface area contributed by atoms with Gasteiger partial charge < -0.3 is 0 Å². The van der Waals surface area contributed by atoms with Crippen LogP contribution in [-0.4, -0.2) is 4.57 Å². The van der Waals surface area contributed by atoms with E-state index >= 15 is 0 Å². The zero-order chi connectivity index (χ0) is 34.7. The lowest BCUT2D eigenvalue weighted by molar-refractivity contribution is -0.704. The summed E-state index contributed by atoms with van der Waals surface area (Å²) in [6.07, 6.45) is 53.0. The molecule has 1 aromatic heterocycles. The smallest absolute Gasteiger partial charge is 0.234 e. The SMILES string of the molecule is CCCCCCCCCCCCCCCCCCCc1n(CCCCCCCCCCCCCCCC)cc[n+]1CCCc1ccccc1. The first-order valence-corrected chi connectivity index (χ1v) is 22.5. The van der Waals surface area contributed by atoms with Crippen molar-refractivity contribution in [2.24, 2.45) is 0 Å². The van der Waals surface area contributed by atoms with E-state index in [9.17, 15) is 0 Å². The van der Waals surface area contributed by atoms with Gasteiger partial charge in [0.1, 0.15) is 12.4 Å². The molecule has 0 saturated heterocycles. The Labute approximate surface area is 307 Å². The maximum absolute atomic E-state index is 2.62. The minimum atomic E-state index is 1.15. The molecule has 0 aliphatic carbocycles. The number of hydrogen-bond donors (Lipinski definition) is 0. The Bertz CT molecular complexity index is 931. The predicted octanol–water partition coefficient (Wildman–Crippen LogP) is 15.1. The van der Waals surface area contributed by atoms with Crippen LogP contribution >= 0.6 is 0 Å². The topological polar surface area (TPSA) is 8.81 Å². The van der Waals surface area contributed by atoms with Crippen LogP contribution in [0.3, 0.4) is 0 Å². The molecule has 0 aliphatic heterocycles. The van der Waals surface area contributed by atoms with Gasteiger partial charge in [-0.2, -0.15) is 0 Å². The lowest BCUT2D eigenvalue weighted by Gasteiger charge is -2.07. The second-order valence-corrected chi connectivity index (χ2v) is 15.7. The highest BCUT2D eigenvalue weighted by molar-refractivity contribution is 5.14. The van der Waals surface area contributed by atoms with E-state index in [1.165, 1.54) is 230 Å². The summed E-state index contributed by atoms with van der Waals surface area (Å²) in [5, 5.41) is 0. The van der Waals surface area contributed by atoms with Crippen molar-refractivity contribution in [1.82, 2.24) is 4.57 Å². The minimum Gasteiger partial charge on any atom is -0.234 e. The molecule has 49 heavy (non-hydrogen) atoms. The number of imidazole rings is 1. The fraction of sp³-hybridized carbons (Fsp3) is 0.809. The predicted molar refractivity (Wildman–Crippen MR) is 218 cm³/mol. The van der Waals surface area contributed by atoms with E-state index in [4.69, 9.17) is 0 Å². The molecule has 0 spiro atoms. The molecule has 0 aliphatic rings. The summed E-state index contributed by atoms with van der Waals surface area (Å²) in [7, 11) is 0. The average molecular weight is 678 g/mol. The molecule has 2 nitrogen and oxygen atoms in total. The van der Waals surface area contributed by atoms with Crippen molar-refractivity contribution in [2.75, 3.05) is 0 Å². The lowest BCUT2D eigenvalue weighted by Crippen LogP contribution is -2.37. The number of aromatic nitrogens is 2. The Morgan fingerprint density at radius 1 is 0.408 bits per heavy atom. The monoisotopic (exact) mass is 678 g/mol. The third-order valence-electron chi connectivity index (χ3n) is 11.1.